The van der Waals surface area contributed by atoms with Crippen LogP contribution in [0, 0.1) is 17.5 Å². The smallest absolute Gasteiger partial charge is 0.228 e. The molecule has 2 N–H and O–H groups in total. The van der Waals surface area contributed by atoms with E-state index >= 15 is 0 Å². The van der Waals surface area contributed by atoms with Crippen LogP contribution in [0.25, 0.3) is 11.3 Å². The van der Waals surface area contributed by atoms with Crippen molar-refractivity contribution in [3.63, 3.8) is 0 Å². The minimum atomic E-state index is -1.51. The maximum absolute atomic E-state index is 14.0. The summed E-state index contributed by atoms with van der Waals surface area (Å²) < 4.78 is 46.5. The van der Waals surface area contributed by atoms with E-state index in [1.807, 2.05) is 6.26 Å². The molecule has 0 saturated carbocycles. The number of hydrogen-bond acceptors (Lipinski definition) is 6. The first-order valence-electron chi connectivity index (χ1n) is 6.94. The molecule has 1 aromatic carbocycles. The fourth-order valence-electron chi connectivity index (χ4n) is 2.02. The molecule has 3 aromatic rings. The summed E-state index contributed by atoms with van der Waals surface area (Å²) >= 11 is 1.34. The second-order valence-corrected chi connectivity index (χ2v) is 5.56. The van der Waals surface area contributed by atoms with Gasteiger partial charge in [-0.25, -0.2) is 23.7 Å². The van der Waals surface area contributed by atoms with E-state index in [0.717, 1.165) is 0 Å². The molecule has 0 saturated heterocycles. The van der Waals surface area contributed by atoms with E-state index in [-0.39, 0.29) is 5.88 Å². The number of nitrogen functional groups attached to an aromatic ring is 1. The maximum atomic E-state index is 14.0. The predicted octanol–water partition coefficient (Wildman–Crippen LogP) is 4.05. The average molecular weight is 364 g/mol. The van der Waals surface area contributed by atoms with Crippen LogP contribution in [-0.4, -0.2) is 21.2 Å². The second-order valence-electron chi connectivity index (χ2n) is 4.78. The van der Waals surface area contributed by atoms with Crippen LogP contribution in [0.5, 0.6) is 11.6 Å². The van der Waals surface area contributed by atoms with E-state index in [9.17, 15) is 13.2 Å². The molecule has 0 aliphatic carbocycles. The van der Waals surface area contributed by atoms with Crippen LogP contribution in [0.4, 0.5) is 18.9 Å². The highest BCUT2D eigenvalue weighted by Gasteiger charge is 2.20. The van der Waals surface area contributed by atoms with Crippen molar-refractivity contribution in [2.75, 3.05) is 12.0 Å². The van der Waals surface area contributed by atoms with Crippen molar-refractivity contribution in [3.05, 3.63) is 54.1 Å². The molecule has 0 unspecified atom stereocenters. The van der Waals surface area contributed by atoms with E-state index in [0.29, 0.717) is 22.5 Å². The number of ether oxygens (including phenoxy) is 1. The third-order valence-electron chi connectivity index (χ3n) is 3.23. The van der Waals surface area contributed by atoms with Crippen LogP contribution in [0.1, 0.15) is 0 Å². The van der Waals surface area contributed by atoms with Crippen LogP contribution in [-0.2, 0) is 0 Å². The number of aromatic nitrogens is 3. The van der Waals surface area contributed by atoms with E-state index in [4.69, 9.17) is 10.5 Å². The molecule has 2 heterocycles. The summed E-state index contributed by atoms with van der Waals surface area (Å²) in [5.41, 5.74) is 5.09. The molecule has 0 aliphatic rings. The van der Waals surface area contributed by atoms with Crippen molar-refractivity contribution in [1.29, 1.82) is 0 Å². The van der Waals surface area contributed by atoms with Gasteiger partial charge in [-0.1, -0.05) is 11.8 Å². The Kier molecular flexibility index (Phi) is 4.75. The molecule has 0 radical (unpaired) electrons. The molecule has 5 nitrogen and oxygen atoms in total. The largest absolute Gasteiger partial charge is 0.435 e. The summed E-state index contributed by atoms with van der Waals surface area (Å²) in [5.74, 6) is -4.76. The third-order valence-corrected chi connectivity index (χ3v) is 3.79. The minimum absolute atomic E-state index is 0.0595. The summed E-state index contributed by atoms with van der Waals surface area (Å²) in [7, 11) is 0. The SMILES string of the molecule is CSc1nccc(-c2cccnc2Oc2cc(F)c(N)c(F)c2F)n1. The standard InChI is InChI=1S/C16H11F3N4OS/c1-25-16-22-6-4-10(23-16)8-3-2-5-21-15(8)24-11-7-9(17)14(20)13(19)12(11)18/h2-7H,20H2,1H3. The molecule has 0 bridgehead atoms. The molecule has 0 aliphatic heterocycles. The van der Waals surface area contributed by atoms with Crippen molar-refractivity contribution >= 4 is 17.4 Å². The topological polar surface area (TPSA) is 73.9 Å². The average Bonchev–Trinajstić information content (AvgIpc) is 2.65. The van der Waals surface area contributed by atoms with Crippen LogP contribution < -0.4 is 10.5 Å². The van der Waals surface area contributed by atoms with Gasteiger partial charge in [0.05, 0.1) is 11.3 Å². The summed E-state index contributed by atoms with van der Waals surface area (Å²) in [6, 6.07) is 5.55. The van der Waals surface area contributed by atoms with E-state index < -0.39 is 28.9 Å². The number of halogens is 3. The number of nitrogens with two attached hydrogens (primary N) is 1. The number of anilines is 1. The quantitative estimate of drug-likeness (QED) is 0.326. The normalized spacial score (nSPS) is 10.7. The Morgan fingerprint density at radius 3 is 2.64 bits per heavy atom. The Labute approximate surface area is 145 Å². The molecule has 0 amide bonds. The monoisotopic (exact) mass is 364 g/mol. The first-order chi connectivity index (χ1) is 12.0. The fraction of sp³-hybridized carbons (Fsp3) is 0.0625. The number of thioether (sulfide) groups is 1. The van der Waals surface area contributed by atoms with Gasteiger partial charge >= 0.3 is 0 Å². The van der Waals surface area contributed by atoms with Gasteiger partial charge in [-0.15, -0.1) is 0 Å². The first-order valence-corrected chi connectivity index (χ1v) is 8.17. The first kappa shape index (κ1) is 17.0. The molecule has 128 valence electrons. The number of pyridine rings is 1. The number of nitrogens with zero attached hydrogens (tertiary/aromatic N) is 3. The van der Waals surface area contributed by atoms with Crippen molar-refractivity contribution in [2.45, 2.75) is 5.16 Å². The second kappa shape index (κ2) is 6.98. The van der Waals surface area contributed by atoms with Crippen molar-refractivity contribution < 1.29 is 17.9 Å². The molecule has 3 rings (SSSR count). The molecule has 2 aromatic heterocycles. The lowest BCUT2D eigenvalue weighted by Crippen LogP contribution is -2.02. The van der Waals surface area contributed by atoms with Gasteiger partial charge in [-0.3, -0.25) is 0 Å². The van der Waals surface area contributed by atoms with Crippen LogP contribution in [0.3, 0.4) is 0 Å². The molecular weight excluding hydrogens is 353 g/mol. The molecular formula is C16H11F3N4OS. The van der Waals surface area contributed by atoms with Crippen LogP contribution in [0.2, 0.25) is 0 Å². The highest BCUT2D eigenvalue weighted by atomic mass is 32.2. The molecule has 0 fully saturated rings. The summed E-state index contributed by atoms with van der Waals surface area (Å²) in [6.45, 7) is 0. The molecule has 25 heavy (non-hydrogen) atoms. The van der Waals surface area contributed by atoms with Crippen molar-refractivity contribution in [2.24, 2.45) is 0 Å². The van der Waals surface area contributed by atoms with Gasteiger partial charge < -0.3 is 10.5 Å². The molecule has 0 atom stereocenters. The van der Waals surface area contributed by atoms with Gasteiger partial charge in [-0.2, -0.15) is 4.39 Å². The van der Waals surface area contributed by atoms with Crippen molar-refractivity contribution in [1.82, 2.24) is 15.0 Å². The van der Waals surface area contributed by atoms with Crippen molar-refractivity contribution in [3.8, 4) is 22.9 Å². The van der Waals surface area contributed by atoms with E-state index in [1.54, 1.807) is 24.4 Å². The Morgan fingerprint density at radius 2 is 1.88 bits per heavy atom. The molecule has 9 heteroatoms. The van der Waals surface area contributed by atoms with E-state index in [1.165, 1.54) is 18.0 Å². The summed E-state index contributed by atoms with van der Waals surface area (Å²) in [4.78, 5) is 12.4. The number of rotatable bonds is 4. The summed E-state index contributed by atoms with van der Waals surface area (Å²) in [5, 5.41) is 0.517. The third kappa shape index (κ3) is 3.36. The zero-order valence-electron chi connectivity index (χ0n) is 12.8. The van der Waals surface area contributed by atoms with Gasteiger partial charge in [0.1, 0.15) is 5.69 Å². The summed E-state index contributed by atoms with van der Waals surface area (Å²) in [6.07, 6.45) is 4.76. The number of benzene rings is 1. The Morgan fingerprint density at radius 1 is 1.08 bits per heavy atom. The van der Waals surface area contributed by atoms with Gasteiger partial charge in [0.25, 0.3) is 0 Å². The van der Waals surface area contributed by atoms with Gasteiger partial charge in [0.15, 0.2) is 22.5 Å². The number of hydrogen-bond donors (Lipinski definition) is 1. The predicted molar refractivity (Wildman–Crippen MR) is 87.8 cm³/mol. The van der Waals surface area contributed by atoms with Crippen LogP contribution in [0.15, 0.2) is 41.8 Å². The highest BCUT2D eigenvalue weighted by Crippen LogP contribution is 2.34. The lowest BCUT2D eigenvalue weighted by Gasteiger charge is -2.11. The highest BCUT2D eigenvalue weighted by molar-refractivity contribution is 7.98. The van der Waals surface area contributed by atoms with Gasteiger partial charge in [0.2, 0.25) is 11.7 Å². The van der Waals surface area contributed by atoms with Crippen LogP contribution >= 0.6 is 11.8 Å². The Balaban J connectivity index is 2.06. The lowest BCUT2D eigenvalue weighted by atomic mass is 10.2. The molecule has 0 spiro atoms. The fourth-order valence-corrected chi connectivity index (χ4v) is 2.38. The maximum Gasteiger partial charge on any atom is 0.228 e. The van der Waals surface area contributed by atoms with Gasteiger partial charge in [-0.05, 0) is 24.5 Å². The minimum Gasteiger partial charge on any atom is -0.435 e. The lowest BCUT2D eigenvalue weighted by molar-refractivity contribution is 0.401. The Hall–Kier alpha value is -2.81. The Bertz CT molecular complexity index is 939. The zero-order chi connectivity index (χ0) is 18.0. The zero-order valence-corrected chi connectivity index (χ0v) is 13.6. The van der Waals surface area contributed by atoms with E-state index in [2.05, 4.69) is 15.0 Å². The van der Waals surface area contributed by atoms with Gasteiger partial charge in [0, 0.05) is 18.5 Å².